The summed E-state index contributed by atoms with van der Waals surface area (Å²) in [5, 5.41) is 12.3. The van der Waals surface area contributed by atoms with Crippen molar-refractivity contribution in [3.05, 3.63) is 95.1 Å². The molecule has 11 heteroatoms. The number of ether oxygens (including phenoxy) is 2. The Balaban J connectivity index is 1.16. The Morgan fingerprint density at radius 2 is 1.50 bits per heavy atom. The van der Waals surface area contributed by atoms with Gasteiger partial charge in [0.15, 0.2) is 6.29 Å². The molecule has 3 fully saturated rings. The smallest absolute Gasteiger partial charge is 0.392 e. The molecule has 6 rings (SSSR count). The first-order valence-corrected chi connectivity index (χ1v) is 17.8. The topological polar surface area (TPSA) is 91.3 Å². The molecule has 3 aromatic carbocycles. The fourth-order valence-corrected chi connectivity index (χ4v) is 7.34. The third-order valence-corrected chi connectivity index (χ3v) is 10.0. The number of hydrogen-bond donors (Lipinski definition) is 2. The number of rotatable bonds is 9. The number of nitrogens with one attached hydrogen (secondary N) is 1. The highest BCUT2D eigenvalue weighted by atomic mass is 19.4. The molecule has 0 aromatic heterocycles. The molecule has 0 bridgehead atoms. The summed E-state index contributed by atoms with van der Waals surface area (Å²) in [6.07, 6.45) is 1.68. The molecule has 3 aliphatic rings. The van der Waals surface area contributed by atoms with Gasteiger partial charge in [-0.25, -0.2) is 0 Å². The molecule has 3 saturated heterocycles. The van der Waals surface area contributed by atoms with E-state index >= 15 is 0 Å². The van der Waals surface area contributed by atoms with Crippen LogP contribution in [0.25, 0.3) is 11.1 Å². The molecule has 2 N–H and O–H groups in total. The van der Waals surface area contributed by atoms with Gasteiger partial charge in [-0.2, -0.15) is 13.2 Å². The van der Waals surface area contributed by atoms with E-state index in [1.165, 1.54) is 32.1 Å². The van der Waals surface area contributed by atoms with Crippen LogP contribution in [-0.4, -0.2) is 71.2 Å². The largest absolute Gasteiger partial charge is 0.471 e. The third kappa shape index (κ3) is 8.93. The summed E-state index contributed by atoms with van der Waals surface area (Å²) in [6.45, 7) is 2.97. The van der Waals surface area contributed by atoms with Crippen molar-refractivity contribution in [1.29, 1.82) is 0 Å². The molecule has 0 aliphatic carbocycles. The average Bonchev–Trinajstić information content (AvgIpc) is 3.61. The fourth-order valence-electron chi connectivity index (χ4n) is 7.34. The van der Waals surface area contributed by atoms with Crippen LogP contribution in [-0.2, 0) is 32.2 Å². The highest BCUT2D eigenvalue weighted by Gasteiger charge is 2.47. The standard InChI is InChI=1S/C39H46F3N3O5/c40-39(41,42)38(48)45-22-8-11-34(45)36(47)43-24-31-9-4-5-10-33(31)28-16-18-30(19-17-28)37-49-32(25-44-20-6-2-1-3-7-21-44)23-35(50-37)29-14-12-27(26-46)13-15-29/h4-5,9-10,12-19,32,34-35,37,46H,1-3,6-8,11,20-26H2,(H,43,47)/t32-,34+,35+,37+/m1/s1. The van der Waals surface area contributed by atoms with Crippen molar-refractivity contribution in [3.63, 3.8) is 0 Å². The molecule has 0 unspecified atom stereocenters. The lowest BCUT2D eigenvalue weighted by Crippen LogP contribution is -2.50. The molecule has 3 heterocycles. The third-order valence-electron chi connectivity index (χ3n) is 10.0. The van der Waals surface area contributed by atoms with Gasteiger partial charge in [-0.1, -0.05) is 92.1 Å². The summed E-state index contributed by atoms with van der Waals surface area (Å²) in [7, 11) is 0. The van der Waals surface area contributed by atoms with Crippen molar-refractivity contribution < 1.29 is 37.3 Å². The van der Waals surface area contributed by atoms with Crippen LogP contribution in [0.3, 0.4) is 0 Å². The van der Waals surface area contributed by atoms with Gasteiger partial charge in [-0.3, -0.25) is 9.59 Å². The quantitative estimate of drug-likeness (QED) is 0.256. The van der Waals surface area contributed by atoms with Crippen LogP contribution in [0.5, 0.6) is 0 Å². The van der Waals surface area contributed by atoms with Crippen LogP contribution >= 0.6 is 0 Å². The lowest BCUT2D eigenvalue weighted by molar-refractivity contribution is -0.253. The molecule has 0 radical (unpaired) electrons. The molecular weight excluding hydrogens is 647 g/mol. The van der Waals surface area contributed by atoms with Gasteiger partial charge in [0, 0.05) is 31.6 Å². The first-order valence-electron chi connectivity index (χ1n) is 17.8. The monoisotopic (exact) mass is 693 g/mol. The molecule has 3 aromatic rings. The van der Waals surface area contributed by atoms with Gasteiger partial charge in [0.2, 0.25) is 5.91 Å². The number of aliphatic hydroxyl groups excluding tert-OH is 1. The minimum absolute atomic E-state index is 0.0148. The molecule has 8 nitrogen and oxygen atoms in total. The lowest BCUT2D eigenvalue weighted by Gasteiger charge is -2.39. The normalized spacial score (nSPS) is 23.6. The number of nitrogens with zero attached hydrogens (tertiary/aromatic N) is 2. The number of hydrogen-bond acceptors (Lipinski definition) is 6. The summed E-state index contributed by atoms with van der Waals surface area (Å²) in [5.41, 5.74) is 5.34. The van der Waals surface area contributed by atoms with Gasteiger partial charge >= 0.3 is 12.1 Å². The summed E-state index contributed by atoms with van der Waals surface area (Å²) in [5.74, 6) is -2.57. The molecule has 3 aliphatic heterocycles. The maximum Gasteiger partial charge on any atom is 0.471 e. The predicted octanol–water partition coefficient (Wildman–Crippen LogP) is 6.83. The number of halogens is 3. The minimum Gasteiger partial charge on any atom is -0.392 e. The molecular formula is C39H46F3N3O5. The van der Waals surface area contributed by atoms with E-state index in [0.29, 0.717) is 11.3 Å². The number of likely N-dealkylation sites (tertiary alicyclic amines) is 2. The number of aliphatic hydroxyl groups is 1. The fraction of sp³-hybridized carbons (Fsp3) is 0.487. The maximum atomic E-state index is 13.1. The Bertz CT molecular complexity index is 1580. The summed E-state index contributed by atoms with van der Waals surface area (Å²) in [6, 6.07) is 22.2. The Kier molecular flexibility index (Phi) is 11.9. The van der Waals surface area contributed by atoms with Crippen molar-refractivity contribution in [1.82, 2.24) is 15.1 Å². The molecule has 0 spiro atoms. The van der Waals surface area contributed by atoms with E-state index in [4.69, 9.17) is 9.47 Å². The minimum atomic E-state index is -5.02. The highest BCUT2D eigenvalue weighted by Crippen LogP contribution is 2.39. The summed E-state index contributed by atoms with van der Waals surface area (Å²) >= 11 is 0. The van der Waals surface area contributed by atoms with E-state index in [-0.39, 0.29) is 38.3 Å². The molecule has 0 saturated carbocycles. The van der Waals surface area contributed by atoms with Gasteiger partial charge < -0.3 is 29.7 Å². The van der Waals surface area contributed by atoms with E-state index in [1.54, 1.807) is 0 Å². The average molecular weight is 694 g/mol. The van der Waals surface area contributed by atoms with Crippen LogP contribution < -0.4 is 5.32 Å². The Morgan fingerprint density at radius 3 is 2.20 bits per heavy atom. The predicted molar refractivity (Wildman–Crippen MR) is 182 cm³/mol. The second-order valence-corrected chi connectivity index (χ2v) is 13.6. The molecule has 268 valence electrons. The van der Waals surface area contributed by atoms with E-state index in [1.807, 2.05) is 72.8 Å². The zero-order valence-electron chi connectivity index (χ0n) is 28.2. The second-order valence-electron chi connectivity index (χ2n) is 13.6. The zero-order chi connectivity index (χ0) is 35.1. The van der Waals surface area contributed by atoms with Gasteiger partial charge in [0.05, 0.1) is 18.8 Å². The first-order chi connectivity index (χ1) is 24.2. The summed E-state index contributed by atoms with van der Waals surface area (Å²) in [4.78, 5) is 28.0. The van der Waals surface area contributed by atoms with E-state index in [0.717, 1.165) is 59.4 Å². The van der Waals surface area contributed by atoms with Gasteiger partial charge in [0.1, 0.15) is 6.04 Å². The van der Waals surface area contributed by atoms with Crippen molar-refractivity contribution in [2.24, 2.45) is 0 Å². The van der Waals surface area contributed by atoms with E-state index < -0.39 is 30.3 Å². The molecule has 50 heavy (non-hydrogen) atoms. The van der Waals surface area contributed by atoms with Crippen LogP contribution in [0.15, 0.2) is 72.8 Å². The Labute approximate surface area is 291 Å². The number of amides is 2. The van der Waals surface area contributed by atoms with Gasteiger partial charge in [-0.15, -0.1) is 0 Å². The molecule has 4 atom stereocenters. The Hall–Kier alpha value is -3.77. The lowest BCUT2D eigenvalue weighted by atomic mass is 9.97. The van der Waals surface area contributed by atoms with Gasteiger partial charge in [0.25, 0.3) is 0 Å². The number of benzene rings is 3. The number of carbonyl (C=O) groups excluding carboxylic acids is 2. The van der Waals surface area contributed by atoms with E-state index in [9.17, 15) is 27.9 Å². The molecule has 2 amide bonds. The number of alkyl halides is 3. The first kappa shape index (κ1) is 36.0. The van der Waals surface area contributed by atoms with Crippen molar-refractivity contribution in [2.45, 2.75) is 95.2 Å². The van der Waals surface area contributed by atoms with E-state index in [2.05, 4.69) is 10.2 Å². The van der Waals surface area contributed by atoms with Crippen molar-refractivity contribution in [2.75, 3.05) is 26.2 Å². The van der Waals surface area contributed by atoms with Crippen LogP contribution in [0.4, 0.5) is 13.2 Å². The van der Waals surface area contributed by atoms with Gasteiger partial charge in [-0.05, 0) is 66.6 Å². The Morgan fingerprint density at radius 1 is 0.820 bits per heavy atom. The second kappa shape index (κ2) is 16.5. The SMILES string of the molecule is O=C(NCc1ccccc1-c1ccc([C@H]2O[C@@H](CN3CCCCCCC3)C[C@@H](c3ccc(CO)cc3)O2)cc1)[C@@H]1CCCN1C(=O)C(F)(F)F. The van der Waals surface area contributed by atoms with Crippen LogP contribution in [0, 0.1) is 0 Å². The maximum absolute atomic E-state index is 13.1. The highest BCUT2D eigenvalue weighted by molar-refractivity contribution is 5.90. The summed E-state index contributed by atoms with van der Waals surface area (Å²) < 4.78 is 52.5. The number of carbonyl (C=O) groups is 2. The van der Waals surface area contributed by atoms with Crippen molar-refractivity contribution in [3.8, 4) is 11.1 Å². The van der Waals surface area contributed by atoms with Crippen molar-refractivity contribution >= 4 is 11.8 Å². The van der Waals surface area contributed by atoms with Crippen LogP contribution in [0.2, 0.25) is 0 Å². The zero-order valence-corrected chi connectivity index (χ0v) is 28.2. The van der Waals surface area contributed by atoms with Crippen LogP contribution in [0.1, 0.15) is 86.0 Å².